The Labute approximate surface area is 107 Å². The van der Waals surface area contributed by atoms with Gasteiger partial charge in [0, 0.05) is 6.07 Å². The zero-order chi connectivity index (χ0) is 13.1. The normalized spacial score (nSPS) is 12.7. The summed E-state index contributed by atoms with van der Waals surface area (Å²) in [6.07, 6.45) is 0.371. The van der Waals surface area contributed by atoms with Crippen LogP contribution in [-0.2, 0) is 6.42 Å². The van der Waals surface area contributed by atoms with Gasteiger partial charge in [-0.1, -0.05) is 4.49 Å². The van der Waals surface area contributed by atoms with Crippen LogP contribution in [0.3, 0.4) is 0 Å². The zero-order valence-corrected chi connectivity index (χ0v) is 10.5. The Balaban J connectivity index is 2.23. The summed E-state index contributed by atoms with van der Waals surface area (Å²) in [6.45, 7) is 1.81. The van der Waals surface area contributed by atoms with Crippen LogP contribution in [0.15, 0.2) is 18.2 Å². The highest BCUT2D eigenvalue weighted by molar-refractivity contribution is 7.05. The Morgan fingerprint density at radius 1 is 1.33 bits per heavy atom. The summed E-state index contributed by atoms with van der Waals surface area (Å²) in [7, 11) is 0. The minimum absolute atomic E-state index is 0.258. The van der Waals surface area contributed by atoms with Gasteiger partial charge in [-0.25, -0.2) is 8.78 Å². The Bertz CT molecular complexity index is 523. The lowest BCUT2D eigenvalue weighted by molar-refractivity contribution is 0.544. The second-order valence-electron chi connectivity index (χ2n) is 3.92. The fourth-order valence-electron chi connectivity index (χ4n) is 1.75. The second kappa shape index (κ2) is 5.47. The van der Waals surface area contributed by atoms with E-state index in [-0.39, 0.29) is 6.04 Å². The number of rotatable bonds is 4. The van der Waals surface area contributed by atoms with Crippen molar-refractivity contribution in [2.45, 2.75) is 19.4 Å². The molecule has 18 heavy (non-hydrogen) atoms. The average Bonchev–Trinajstić information content (AvgIpc) is 2.71. The van der Waals surface area contributed by atoms with E-state index >= 15 is 0 Å². The predicted molar refractivity (Wildman–Crippen MR) is 64.8 cm³/mol. The maximum Gasteiger partial charge on any atom is 0.126 e. The van der Waals surface area contributed by atoms with Crippen molar-refractivity contribution >= 4 is 11.5 Å². The molecule has 4 nitrogen and oxygen atoms in total. The van der Waals surface area contributed by atoms with Crippen LogP contribution in [0.25, 0.3) is 0 Å². The molecule has 0 aliphatic carbocycles. The number of aromatic nitrogens is 2. The molecule has 3 N–H and O–H groups in total. The number of halogens is 2. The third-order valence-electron chi connectivity index (χ3n) is 2.57. The van der Waals surface area contributed by atoms with E-state index in [9.17, 15) is 8.78 Å². The van der Waals surface area contributed by atoms with Crippen LogP contribution < -0.4 is 11.3 Å². The molecular weight excluding hydrogens is 258 g/mol. The molecule has 0 aliphatic heterocycles. The summed E-state index contributed by atoms with van der Waals surface area (Å²) < 4.78 is 30.0. The number of benzene rings is 1. The first kappa shape index (κ1) is 13.0. The van der Waals surface area contributed by atoms with E-state index in [0.717, 1.165) is 16.6 Å². The average molecular weight is 270 g/mol. The molecule has 1 aromatic carbocycles. The summed E-state index contributed by atoms with van der Waals surface area (Å²) in [5.74, 6) is 4.28. The quantitative estimate of drug-likeness (QED) is 0.657. The predicted octanol–water partition coefficient (Wildman–Crippen LogP) is 1.87. The molecule has 0 spiro atoms. The summed E-state index contributed by atoms with van der Waals surface area (Å²) in [5.41, 5.74) is 3.91. The number of hydrogen-bond donors (Lipinski definition) is 2. The van der Waals surface area contributed by atoms with Crippen molar-refractivity contribution in [3.8, 4) is 0 Å². The summed E-state index contributed by atoms with van der Waals surface area (Å²) in [4.78, 5) is 0.863. The van der Waals surface area contributed by atoms with Crippen LogP contribution in [0.1, 0.15) is 22.2 Å². The number of hydrogen-bond acceptors (Lipinski definition) is 5. The van der Waals surface area contributed by atoms with Gasteiger partial charge < -0.3 is 0 Å². The van der Waals surface area contributed by atoms with Crippen molar-refractivity contribution in [2.75, 3.05) is 0 Å². The first-order valence-corrected chi connectivity index (χ1v) is 6.07. The molecule has 0 aliphatic rings. The van der Waals surface area contributed by atoms with Crippen molar-refractivity contribution in [1.82, 2.24) is 15.0 Å². The zero-order valence-electron chi connectivity index (χ0n) is 9.65. The second-order valence-corrected chi connectivity index (χ2v) is 4.71. The van der Waals surface area contributed by atoms with Gasteiger partial charge in [-0.3, -0.25) is 11.3 Å². The van der Waals surface area contributed by atoms with Gasteiger partial charge in [0.25, 0.3) is 0 Å². The lowest BCUT2D eigenvalue weighted by atomic mass is 10.0. The number of hydrazine groups is 1. The van der Waals surface area contributed by atoms with Gasteiger partial charge in [-0.2, -0.15) is 0 Å². The van der Waals surface area contributed by atoms with Crippen LogP contribution >= 0.6 is 11.5 Å². The Morgan fingerprint density at radius 3 is 2.50 bits per heavy atom. The molecule has 1 aromatic heterocycles. The summed E-state index contributed by atoms with van der Waals surface area (Å²) >= 11 is 1.22. The number of nitrogens with two attached hydrogens (primary N) is 1. The molecule has 0 radical (unpaired) electrons. The molecular formula is C11H12F2N4S. The van der Waals surface area contributed by atoms with Crippen LogP contribution in [-0.4, -0.2) is 9.59 Å². The molecule has 1 unspecified atom stereocenters. The first-order chi connectivity index (χ1) is 8.60. The molecule has 1 atom stereocenters. The topological polar surface area (TPSA) is 63.8 Å². The Hall–Kier alpha value is -1.44. The van der Waals surface area contributed by atoms with E-state index in [1.54, 1.807) is 0 Å². The maximum absolute atomic E-state index is 13.1. The van der Waals surface area contributed by atoms with Crippen LogP contribution in [0.4, 0.5) is 8.78 Å². The molecule has 0 bridgehead atoms. The molecule has 2 aromatic rings. The largest absolute Gasteiger partial charge is 0.271 e. The minimum atomic E-state index is -0.597. The fourth-order valence-corrected chi connectivity index (χ4v) is 2.45. The standard InChI is InChI=1S/C11H12F2N4S/c1-6-11(18-17-16-6)10(15-14)4-7-2-8(12)5-9(13)3-7/h2-3,5,10,15H,4,14H2,1H3. The highest BCUT2D eigenvalue weighted by Crippen LogP contribution is 2.23. The Kier molecular flexibility index (Phi) is 3.95. The number of nitrogens with one attached hydrogen (secondary N) is 1. The van der Waals surface area contributed by atoms with Crippen LogP contribution in [0, 0.1) is 18.6 Å². The SMILES string of the molecule is Cc1nnsc1C(Cc1cc(F)cc(F)c1)NN. The van der Waals surface area contributed by atoms with E-state index < -0.39 is 11.6 Å². The van der Waals surface area contributed by atoms with E-state index in [2.05, 4.69) is 15.0 Å². The summed E-state index contributed by atoms with van der Waals surface area (Å²) in [5, 5.41) is 3.89. The molecule has 7 heteroatoms. The highest BCUT2D eigenvalue weighted by atomic mass is 32.1. The van der Waals surface area contributed by atoms with Crippen LogP contribution in [0.2, 0.25) is 0 Å². The van der Waals surface area contributed by atoms with E-state index in [0.29, 0.717) is 12.0 Å². The molecule has 0 saturated carbocycles. The minimum Gasteiger partial charge on any atom is -0.271 e. The highest BCUT2D eigenvalue weighted by Gasteiger charge is 2.17. The molecule has 1 heterocycles. The van der Waals surface area contributed by atoms with Gasteiger partial charge >= 0.3 is 0 Å². The van der Waals surface area contributed by atoms with Gasteiger partial charge in [0.1, 0.15) is 11.6 Å². The van der Waals surface area contributed by atoms with E-state index in [1.807, 2.05) is 6.92 Å². The van der Waals surface area contributed by atoms with Crippen LogP contribution in [0.5, 0.6) is 0 Å². The van der Waals surface area contributed by atoms with Crippen molar-refractivity contribution in [2.24, 2.45) is 5.84 Å². The molecule has 0 fully saturated rings. The number of aryl methyl sites for hydroxylation is 1. The molecule has 0 saturated heterocycles. The fraction of sp³-hybridized carbons (Fsp3) is 0.273. The number of nitrogens with zero attached hydrogens (tertiary/aromatic N) is 2. The van der Waals surface area contributed by atoms with Crippen molar-refractivity contribution in [1.29, 1.82) is 0 Å². The third kappa shape index (κ3) is 2.87. The third-order valence-corrected chi connectivity index (χ3v) is 3.51. The maximum atomic E-state index is 13.1. The lowest BCUT2D eigenvalue weighted by Gasteiger charge is -2.14. The monoisotopic (exact) mass is 270 g/mol. The first-order valence-electron chi connectivity index (χ1n) is 5.30. The molecule has 0 amide bonds. The van der Waals surface area contributed by atoms with E-state index in [4.69, 9.17) is 5.84 Å². The summed E-state index contributed by atoms with van der Waals surface area (Å²) in [6, 6.07) is 3.16. The van der Waals surface area contributed by atoms with Gasteiger partial charge in [0.05, 0.1) is 16.6 Å². The van der Waals surface area contributed by atoms with Gasteiger partial charge in [0.15, 0.2) is 0 Å². The van der Waals surface area contributed by atoms with E-state index in [1.165, 1.54) is 23.7 Å². The molecule has 2 rings (SSSR count). The smallest absolute Gasteiger partial charge is 0.126 e. The van der Waals surface area contributed by atoms with Crippen molar-refractivity contribution in [3.05, 3.63) is 46.0 Å². The van der Waals surface area contributed by atoms with Gasteiger partial charge in [0.2, 0.25) is 0 Å². The van der Waals surface area contributed by atoms with Gasteiger partial charge in [-0.15, -0.1) is 5.10 Å². The lowest BCUT2D eigenvalue weighted by Crippen LogP contribution is -2.29. The van der Waals surface area contributed by atoms with Crippen molar-refractivity contribution in [3.63, 3.8) is 0 Å². The Morgan fingerprint density at radius 2 is 2.00 bits per heavy atom. The van der Waals surface area contributed by atoms with Gasteiger partial charge in [-0.05, 0) is 42.6 Å². The molecule has 96 valence electrons. The van der Waals surface area contributed by atoms with Crippen molar-refractivity contribution < 1.29 is 8.78 Å².